The first-order valence-electron chi connectivity index (χ1n) is 11.5. The lowest BCUT2D eigenvalue weighted by Crippen LogP contribution is -2.33. The van der Waals surface area contributed by atoms with E-state index in [9.17, 15) is 9.90 Å². The minimum atomic E-state index is -0.521. The van der Waals surface area contributed by atoms with E-state index in [0.29, 0.717) is 17.8 Å². The summed E-state index contributed by atoms with van der Waals surface area (Å²) in [6, 6.07) is 18.0. The van der Waals surface area contributed by atoms with Gasteiger partial charge in [-0.1, -0.05) is 43.2 Å². The number of hydrogen-bond acceptors (Lipinski definition) is 4. The Morgan fingerprint density at radius 3 is 2.61 bits per heavy atom. The highest BCUT2D eigenvalue weighted by atomic mass is 16.3. The number of rotatable bonds is 4. The van der Waals surface area contributed by atoms with Crippen molar-refractivity contribution in [2.45, 2.75) is 44.4 Å². The van der Waals surface area contributed by atoms with Crippen molar-refractivity contribution in [2.75, 3.05) is 0 Å². The zero-order chi connectivity index (χ0) is 22.4. The average molecular weight is 440 g/mol. The molecule has 0 radical (unpaired) electrons. The second-order valence-corrected chi connectivity index (χ2v) is 8.82. The molecular weight excluding hydrogens is 414 g/mol. The number of benzene rings is 2. The van der Waals surface area contributed by atoms with Gasteiger partial charge in [0.2, 0.25) is 0 Å². The van der Waals surface area contributed by atoms with Crippen LogP contribution in [0.25, 0.3) is 27.8 Å². The monoisotopic (exact) mass is 439 g/mol. The molecule has 1 N–H and O–H groups in total. The Morgan fingerprint density at radius 1 is 1.00 bits per heavy atom. The van der Waals surface area contributed by atoms with Gasteiger partial charge in [-0.15, -0.1) is 0 Å². The van der Waals surface area contributed by atoms with Crippen LogP contribution in [0.2, 0.25) is 0 Å². The van der Waals surface area contributed by atoms with Crippen molar-refractivity contribution < 1.29 is 5.11 Å². The van der Waals surface area contributed by atoms with Gasteiger partial charge in [0.05, 0.1) is 28.9 Å². The smallest absolute Gasteiger partial charge is 0.278 e. The number of para-hydroxylation sites is 1. The Kier molecular flexibility index (Phi) is 4.84. The highest BCUT2D eigenvalue weighted by Crippen LogP contribution is 2.32. The Bertz CT molecular complexity index is 1430. The fraction of sp³-hybridized carbons (Fsp3) is 0.269. The molecule has 0 bridgehead atoms. The van der Waals surface area contributed by atoms with E-state index in [-0.39, 0.29) is 11.6 Å². The fourth-order valence-electron chi connectivity index (χ4n) is 5.00. The van der Waals surface area contributed by atoms with Crippen LogP contribution in [0, 0.1) is 0 Å². The zero-order valence-corrected chi connectivity index (χ0v) is 18.2. The van der Waals surface area contributed by atoms with E-state index >= 15 is 0 Å². The van der Waals surface area contributed by atoms with Crippen LogP contribution in [0.3, 0.4) is 0 Å². The average Bonchev–Trinajstić information content (AvgIpc) is 3.49. The van der Waals surface area contributed by atoms with Crippen LogP contribution < -0.4 is 5.56 Å². The van der Waals surface area contributed by atoms with E-state index in [2.05, 4.69) is 27.9 Å². The molecule has 166 valence electrons. The maximum absolute atomic E-state index is 13.4. The van der Waals surface area contributed by atoms with E-state index < -0.39 is 6.10 Å². The van der Waals surface area contributed by atoms with E-state index in [1.807, 2.05) is 53.5 Å². The summed E-state index contributed by atoms with van der Waals surface area (Å²) in [5, 5.41) is 20.5. The number of aromatic nitrogens is 5. The van der Waals surface area contributed by atoms with Crippen molar-refractivity contribution in [1.29, 1.82) is 0 Å². The largest absolute Gasteiger partial charge is 0.391 e. The molecule has 7 nitrogen and oxygen atoms in total. The third kappa shape index (κ3) is 3.45. The highest BCUT2D eigenvalue weighted by molar-refractivity contribution is 5.93. The first-order valence-corrected chi connectivity index (χ1v) is 11.5. The fourth-order valence-corrected chi connectivity index (χ4v) is 5.00. The lowest BCUT2D eigenvalue weighted by molar-refractivity contribution is 0.0681. The molecule has 7 heteroatoms. The first kappa shape index (κ1) is 19.9. The van der Waals surface area contributed by atoms with Gasteiger partial charge in [0.15, 0.2) is 0 Å². The Hall–Kier alpha value is -3.71. The Balaban J connectivity index is 1.43. The molecule has 1 aromatic heterocycles. The standard InChI is InChI=1S/C26H25N5O2/c32-24-9-4-3-8-23(24)31-26(33)21-17-29(22-7-2-1-6-20(22)25(21)28-31)16-18-10-12-19(13-11-18)30-15-5-14-27-30/h1-2,5-7,10-15,17,23-24,32H,3-4,8-9,16H2/t23-,24-/m0/s1. The summed E-state index contributed by atoms with van der Waals surface area (Å²) in [5.74, 6) is 0. The number of pyridine rings is 1. The van der Waals surface area contributed by atoms with Crippen molar-refractivity contribution in [3.05, 3.63) is 89.1 Å². The van der Waals surface area contributed by atoms with Crippen molar-refractivity contribution >= 4 is 10.9 Å². The molecule has 2 aromatic carbocycles. The van der Waals surface area contributed by atoms with Gasteiger partial charge in [-0.25, -0.2) is 9.36 Å². The molecule has 0 saturated heterocycles. The normalized spacial score (nSPS) is 18.8. The van der Waals surface area contributed by atoms with Gasteiger partial charge in [0.25, 0.3) is 5.56 Å². The second-order valence-electron chi connectivity index (χ2n) is 8.82. The van der Waals surface area contributed by atoms with Gasteiger partial charge in [0.1, 0.15) is 5.69 Å². The minimum Gasteiger partial charge on any atom is -0.391 e. The van der Waals surface area contributed by atoms with Crippen molar-refractivity contribution in [1.82, 2.24) is 24.1 Å². The van der Waals surface area contributed by atoms with Crippen LogP contribution in [0.15, 0.2) is 78.0 Å². The van der Waals surface area contributed by atoms with E-state index in [4.69, 9.17) is 5.10 Å². The predicted octanol–water partition coefficient (Wildman–Crippen LogP) is 4.01. The third-order valence-corrected chi connectivity index (χ3v) is 6.72. The maximum Gasteiger partial charge on any atom is 0.278 e. The van der Waals surface area contributed by atoms with Crippen LogP contribution in [0.5, 0.6) is 0 Å². The second kappa shape index (κ2) is 8.01. The molecule has 1 aliphatic carbocycles. The quantitative estimate of drug-likeness (QED) is 0.459. The Labute approximate surface area is 190 Å². The maximum atomic E-state index is 13.4. The predicted molar refractivity (Wildman–Crippen MR) is 127 cm³/mol. The number of hydrogen-bond donors (Lipinski definition) is 1. The molecule has 0 spiro atoms. The summed E-state index contributed by atoms with van der Waals surface area (Å²) in [6.07, 6.45) is 8.58. The van der Waals surface area contributed by atoms with Crippen molar-refractivity contribution in [3.8, 4) is 16.9 Å². The van der Waals surface area contributed by atoms with Crippen LogP contribution in [0.4, 0.5) is 0 Å². The molecular formula is C26H25N5O2. The van der Waals surface area contributed by atoms with E-state index in [1.54, 1.807) is 6.20 Å². The van der Waals surface area contributed by atoms with Crippen molar-refractivity contribution in [2.24, 2.45) is 0 Å². The molecule has 1 saturated carbocycles. The summed E-state index contributed by atoms with van der Waals surface area (Å²) < 4.78 is 5.48. The van der Waals surface area contributed by atoms with Crippen LogP contribution in [-0.4, -0.2) is 35.3 Å². The van der Waals surface area contributed by atoms with Gasteiger partial charge < -0.3 is 9.67 Å². The summed E-state index contributed by atoms with van der Waals surface area (Å²) in [5.41, 5.74) is 4.34. The van der Waals surface area contributed by atoms with Gasteiger partial charge in [-0.2, -0.15) is 10.2 Å². The van der Waals surface area contributed by atoms with Gasteiger partial charge in [0, 0.05) is 30.5 Å². The molecule has 33 heavy (non-hydrogen) atoms. The van der Waals surface area contributed by atoms with Gasteiger partial charge in [-0.05, 0) is 42.7 Å². The number of fused-ring (bicyclic) bond motifs is 3. The van der Waals surface area contributed by atoms with Crippen molar-refractivity contribution in [3.63, 3.8) is 0 Å². The molecule has 1 fully saturated rings. The highest BCUT2D eigenvalue weighted by Gasteiger charge is 2.30. The van der Waals surface area contributed by atoms with E-state index in [1.165, 1.54) is 4.68 Å². The van der Waals surface area contributed by atoms with Gasteiger partial charge >= 0.3 is 0 Å². The molecule has 3 heterocycles. The Morgan fingerprint density at radius 2 is 1.82 bits per heavy atom. The minimum absolute atomic E-state index is 0.121. The van der Waals surface area contributed by atoms with Crippen LogP contribution >= 0.6 is 0 Å². The summed E-state index contributed by atoms with van der Waals surface area (Å²) >= 11 is 0. The zero-order valence-electron chi connectivity index (χ0n) is 18.2. The molecule has 2 atom stereocenters. The molecule has 0 unspecified atom stereocenters. The van der Waals surface area contributed by atoms with E-state index in [0.717, 1.165) is 47.8 Å². The first-order chi connectivity index (χ1) is 16.2. The van der Waals surface area contributed by atoms with Crippen LogP contribution in [0.1, 0.15) is 37.3 Å². The lowest BCUT2D eigenvalue weighted by atomic mass is 9.93. The lowest BCUT2D eigenvalue weighted by Gasteiger charge is -2.26. The van der Waals surface area contributed by atoms with Gasteiger partial charge in [-0.3, -0.25) is 4.79 Å². The third-order valence-electron chi connectivity index (χ3n) is 6.72. The van der Waals surface area contributed by atoms with Crippen LogP contribution in [-0.2, 0) is 6.54 Å². The molecule has 0 amide bonds. The molecule has 3 aliphatic rings. The molecule has 3 aromatic rings. The number of nitrogens with zero attached hydrogens (tertiary/aromatic N) is 5. The summed E-state index contributed by atoms with van der Waals surface area (Å²) in [6.45, 7) is 0.631. The summed E-state index contributed by atoms with van der Waals surface area (Å²) in [7, 11) is 0. The number of aliphatic hydroxyl groups excluding tert-OH is 1. The molecule has 2 aliphatic heterocycles. The summed E-state index contributed by atoms with van der Waals surface area (Å²) in [4.78, 5) is 13.4. The number of aliphatic hydroxyl groups is 1. The molecule has 6 rings (SSSR count). The SMILES string of the molecule is O=c1c2cn(Cc3ccc(-n4cccn4)cc3)c3ccccc3c-2nn1[C@H]1CCCC[C@@H]1O. The topological polar surface area (TPSA) is 77.9 Å².